The van der Waals surface area contributed by atoms with E-state index in [9.17, 15) is 9.59 Å². The van der Waals surface area contributed by atoms with Gasteiger partial charge in [-0.2, -0.15) is 0 Å². The third kappa shape index (κ3) is 2.80. The van der Waals surface area contributed by atoms with Gasteiger partial charge in [0.05, 0.1) is 12.7 Å². The maximum Gasteiger partial charge on any atom is 0.337 e. The fourth-order valence-corrected chi connectivity index (χ4v) is 2.58. The molecule has 2 rings (SSSR count). The molecule has 0 amide bonds. The molecular formula is C19H20O3. The van der Waals surface area contributed by atoms with Crippen LogP contribution in [0.2, 0.25) is 0 Å². The summed E-state index contributed by atoms with van der Waals surface area (Å²) < 4.78 is 4.67. The summed E-state index contributed by atoms with van der Waals surface area (Å²) in [5, 5.41) is 0. The molecule has 0 aliphatic heterocycles. The zero-order chi connectivity index (χ0) is 16.4. The topological polar surface area (TPSA) is 43.4 Å². The summed E-state index contributed by atoms with van der Waals surface area (Å²) in [5.74, 6) is -0.420. The lowest BCUT2D eigenvalue weighted by molar-refractivity contribution is 0.0600. The number of carbonyl (C=O) groups excluding carboxylic acids is 2. The van der Waals surface area contributed by atoms with Crippen molar-refractivity contribution in [1.82, 2.24) is 0 Å². The lowest BCUT2D eigenvalue weighted by Gasteiger charge is -2.14. The average molecular weight is 296 g/mol. The molecule has 0 fully saturated rings. The van der Waals surface area contributed by atoms with E-state index >= 15 is 0 Å². The van der Waals surface area contributed by atoms with Crippen LogP contribution < -0.4 is 0 Å². The first kappa shape index (κ1) is 16.0. The second kappa shape index (κ2) is 6.14. The van der Waals surface area contributed by atoms with E-state index in [1.807, 2.05) is 27.7 Å². The van der Waals surface area contributed by atoms with Crippen LogP contribution in [0.3, 0.4) is 0 Å². The van der Waals surface area contributed by atoms with E-state index in [2.05, 4.69) is 10.8 Å². The molecule has 0 aliphatic carbocycles. The van der Waals surface area contributed by atoms with E-state index < -0.39 is 5.97 Å². The van der Waals surface area contributed by atoms with Gasteiger partial charge in [0.1, 0.15) is 0 Å². The molecule has 0 unspecified atom stereocenters. The molecule has 0 aliphatic rings. The number of ketones is 1. The second-order valence-corrected chi connectivity index (χ2v) is 5.53. The lowest BCUT2D eigenvalue weighted by Crippen LogP contribution is -2.09. The molecule has 0 saturated carbocycles. The molecule has 0 radical (unpaired) electrons. The van der Waals surface area contributed by atoms with Crippen LogP contribution >= 0.6 is 0 Å². The smallest absolute Gasteiger partial charge is 0.337 e. The predicted octanol–water partition coefficient (Wildman–Crippen LogP) is 3.94. The van der Waals surface area contributed by atoms with Gasteiger partial charge in [-0.05, 0) is 62.1 Å². The third-order valence-corrected chi connectivity index (χ3v) is 4.16. The van der Waals surface area contributed by atoms with E-state index in [-0.39, 0.29) is 5.78 Å². The fourth-order valence-electron chi connectivity index (χ4n) is 2.58. The first-order valence-electron chi connectivity index (χ1n) is 7.17. The van der Waals surface area contributed by atoms with Crippen LogP contribution in [0.5, 0.6) is 0 Å². The summed E-state index contributed by atoms with van der Waals surface area (Å²) in [6.45, 7) is 7.97. The Morgan fingerprint density at radius 1 is 0.818 bits per heavy atom. The third-order valence-electron chi connectivity index (χ3n) is 4.16. The molecular weight excluding hydrogens is 276 g/mol. The minimum absolute atomic E-state index is 0.0155. The quantitative estimate of drug-likeness (QED) is 0.636. The van der Waals surface area contributed by atoms with Crippen molar-refractivity contribution in [3.63, 3.8) is 0 Å². The van der Waals surface area contributed by atoms with Crippen LogP contribution in [-0.4, -0.2) is 18.9 Å². The maximum absolute atomic E-state index is 12.8. The Hall–Kier alpha value is -2.42. The van der Waals surface area contributed by atoms with Crippen LogP contribution in [0.1, 0.15) is 48.5 Å². The zero-order valence-electron chi connectivity index (χ0n) is 13.6. The highest BCUT2D eigenvalue weighted by Gasteiger charge is 2.18. The normalized spacial score (nSPS) is 10.4. The number of aryl methyl sites for hydroxylation is 2. The Bertz CT molecular complexity index is 714. The number of hydrogen-bond donors (Lipinski definition) is 0. The first-order valence-corrected chi connectivity index (χ1v) is 7.17. The van der Waals surface area contributed by atoms with Crippen molar-refractivity contribution in [2.45, 2.75) is 27.7 Å². The number of ether oxygens (including phenoxy) is 1. The van der Waals surface area contributed by atoms with Gasteiger partial charge < -0.3 is 4.74 Å². The van der Waals surface area contributed by atoms with Crippen molar-refractivity contribution in [3.05, 3.63) is 69.3 Å². The molecule has 0 atom stereocenters. The number of esters is 1. The van der Waals surface area contributed by atoms with Gasteiger partial charge in [0.25, 0.3) is 0 Å². The van der Waals surface area contributed by atoms with Gasteiger partial charge in [0.2, 0.25) is 0 Å². The molecule has 0 saturated heterocycles. The minimum atomic E-state index is -0.405. The standard InChI is InChI=1S/C19H20O3/c1-11-10-12(2)14(4)17(13(11)3)18(20)15-6-8-16(9-7-15)19(21)22-5/h6-10H,1-5H3. The predicted molar refractivity (Wildman–Crippen MR) is 86.6 cm³/mol. The summed E-state index contributed by atoms with van der Waals surface area (Å²) in [6, 6.07) is 8.68. The molecule has 22 heavy (non-hydrogen) atoms. The molecule has 0 spiro atoms. The number of hydrogen-bond acceptors (Lipinski definition) is 3. The Labute approximate surface area is 130 Å². The average Bonchev–Trinajstić information content (AvgIpc) is 2.52. The van der Waals surface area contributed by atoms with Crippen LogP contribution in [0.15, 0.2) is 30.3 Å². The van der Waals surface area contributed by atoms with Crippen molar-refractivity contribution in [3.8, 4) is 0 Å². The largest absolute Gasteiger partial charge is 0.465 e. The van der Waals surface area contributed by atoms with Gasteiger partial charge in [-0.15, -0.1) is 0 Å². The van der Waals surface area contributed by atoms with E-state index in [4.69, 9.17) is 0 Å². The van der Waals surface area contributed by atoms with Gasteiger partial charge in [0.15, 0.2) is 5.78 Å². The molecule has 0 bridgehead atoms. The van der Waals surface area contributed by atoms with Gasteiger partial charge in [0, 0.05) is 11.1 Å². The minimum Gasteiger partial charge on any atom is -0.465 e. The summed E-state index contributed by atoms with van der Waals surface area (Å²) in [7, 11) is 1.34. The molecule has 3 heteroatoms. The summed E-state index contributed by atoms with van der Waals surface area (Å²) in [5.41, 5.74) is 5.99. The Kier molecular flexibility index (Phi) is 4.45. The van der Waals surface area contributed by atoms with E-state index in [1.54, 1.807) is 24.3 Å². The molecule has 0 N–H and O–H groups in total. The summed E-state index contributed by atoms with van der Waals surface area (Å²) in [4.78, 5) is 24.3. The van der Waals surface area contributed by atoms with Crippen molar-refractivity contribution in [2.75, 3.05) is 7.11 Å². The highest BCUT2D eigenvalue weighted by atomic mass is 16.5. The maximum atomic E-state index is 12.8. The summed E-state index contributed by atoms with van der Waals surface area (Å²) in [6.07, 6.45) is 0. The second-order valence-electron chi connectivity index (χ2n) is 5.53. The van der Waals surface area contributed by atoms with Gasteiger partial charge in [-0.1, -0.05) is 18.2 Å². The Balaban J connectivity index is 2.47. The number of rotatable bonds is 3. The van der Waals surface area contributed by atoms with Crippen LogP contribution in [-0.2, 0) is 4.74 Å². The molecule has 0 heterocycles. The van der Waals surface area contributed by atoms with Gasteiger partial charge >= 0.3 is 5.97 Å². The SMILES string of the molecule is COC(=O)c1ccc(C(=O)c2c(C)c(C)cc(C)c2C)cc1. The van der Waals surface area contributed by atoms with E-state index in [0.717, 1.165) is 27.8 Å². The lowest BCUT2D eigenvalue weighted by atomic mass is 9.89. The van der Waals surface area contributed by atoms with Crippen LogP contribution in [0.4, 0.5) is 0 Å². The van der Waals surface area contributed by atoms with E-state index in [0.29, 0.717) is 11.1 Å². The molecule has 0 aromatic heterocycles. The van der Waals surface area contributed by atoms with Crippen LogP contribution in [0.25, 0.3) is 0 Å². The highest BCUT2D eigenvalue weighted by molar-refractivity contribution is 6.11. The molecule has 114 valence electrons. The Morgan fingerprint density at radius 2 is 1.27 bits per heavy atom. The zero-order valence-corrected chi connectivity index (χ0v) is 13.6. The van der Waals surface area contributed by atoms with Crippen molar-refractivity contribution in [2.24, 2.45) is 0 Å². The molecule has 2 aromatic rings. The first-order chi connectivity index (χ1) is 10.4. The molecule has 3 nitrogen and oxygen atoms in total. The van der Waals surface area contributed by atoms with Crippen molar-refractivity contribution < 1.29 is 14.3 Å². The van der Waals surface area contributed by atoms with Crippen molar-refractivity contribution >= 4 is 11.8 Å². The number of carbonyl (C=O) groups is 2. The van der Waals surface area contributed by atoms with Crippen molar-refractivity contribution in [1.29, 1.82) is 0 Å². The number of methoxy groups -OCH3 is 1. The molecule has 2 aromatic carbocycles. The van der Waals surface area contributed by atoms with Crippen LogP contribution in [0, 0.1) is 27.7 Å². The summed E-state index contributed by atoms with van der Waals surface area (Å²) >= 11 is 0. The van der Waals surface area contributed by atoms with Gasteiger partial charge in [-0.3, -0.25) is 4.79 Å². The highest BCUT2D eigenvalue weighted by Crippen LogP contribution is 2.24. The monoisotopic (exact) mass is 296 g/mol. The number of benzene rings is 2. The van der Waals surface area contributed by atoms with E-state index in [1.165, 1.54) is 7.11 Å². The Morgan fingerprint density at radius 3 is 1.73 bits per heavy atom. The van der Waals surface area contributed by atoms with Gasteiger partial charge in [-0.25, -0.2) is 4.79 Å². The fraction of sp³-hybridized carbons (Fsp3) is 0.263.